The van der Waals surface area contributed by atoms with Gasteiger partial charge in [-0.15, -0.1) is 0 Å². The van der Waals surface area contributed by atoms with E-state index < -0.39 is 40.2 Å². The zero-order valence-electron chi connectivity index (χ0n) is 22.0. The molecule has 0 fully saturated rings. The van der Waals surface area contributed by atoms with Gasteiger partial charge in [-0.25, -0.2) is 17.2 Å². The Morgan fingerprint density at radius 3 is 2.03 bits per heavy atom. The first-order valence-electron chi connectivity index (χ1n) is 12.8. The number of nitrogens with one attached hydrogen (secondary N) is 1. The number of hydrogen-bond donors (Lipinski definition) is 1. The van der Waals surface area contributed by atoms with E-state index in [0.717, 1.165) is 41.4 Å². The second-order valence-corrected chi connectivity index (χ2v) is 10.9. The van der Waals surface area contributed by atoms with E-state index in [1.165, 1.54) is 29.2 Å². The van der Waals surface area contributed by atoms with Crippen LogP contribution in [0.25, 0.3) is 0 Å². The van der Waals surface area contributed by atoms with Gasteiger partial charge in [0, 0.05) is 13.1 Å². The van der Waals surface area contributed by atoms with Crippen molar-refractivity contribution in [2.24, 2.45) is 0 Å². The second kappa shape index (κ2) is 13.8. The molecule has 1 atom stereocenters. The molecule has 0 bridgehead atoms. The van der Waals surface area contributed by atoms with E-state index in [0.29, 0.717) is 12.1 Å². The van der Waals surface area contributed by atoms with E-state index in [4.69, 9.17) is 0 Å². The number of rotatable bonds is 13. The molecule has 1 N–H and O–H groups in total. The van der Waals surface area contributed by atoms with Gasteiger partial charge in [0.15, 0.2) is 0 Å². The van der Waals surface area contributed by atoms with Crippen molar-refractivity contribution < 1.29 is 26.8 Å². The van der Waals surface area contributed by atoms with Crippen molar-refractivity contribution in [1.29, 1.82) is 0 Å². The lowest BCUT2D eigenvalue weighted by Crippen LogP contribution is -2.52. The average Bonchev–Trinajstić information content (AvgIpc) is 2.93. The van der Waals surface area contributed by atoms with Crippen molar-refractivity contribution >= 4 is 27.5 Å². The predicted octanol–water partition coefficient (Wildman–Crippen LogP) is 4.88. The lowest BCUT2D eigenvalue weighted by atomic mass is 10.1. The van der Waals surface area contributed by atoms with Crippen LogP contribution in [0.15, 0.2) is 83.8 Å². The summed E-state index contributed by atoms with van der Waals surface area (Å²) in [6.07, 6.45) is 1.93. The highest BCUT2D eigenvalue weighted by atomic mass is 32.2. The quantitative estimate of drug-likeness (QED) is 0.304. The maximum absolute atomic E-state index is 13.9. The van der Waals surface area contributed by atoms with Gasteiger partial charge in [-0.3, -0.25) is 13.9 Å². The first-order valence-corrected chi connectivity index (χ1v) is 14.3. The van der Waals surface area contributed by atoms with Gasteiger partial charge < -0.3 is 10.2 Å². The van der Waals surface area contributed by atoms with Crippen LogP contribution in [0, 0.1) is 11.6 Å². The number of benzene rings is 3. The monoisotopic (exact) mass is 557 g/mol. The molecule has 0 saturated heterocycles. The summed E-state index contributed by atoms with van der Waals surface area (Å²) in [4.78, 5) is 28.1. The largest absolute Gasteiger partial charge is 0.354 e. The Hall–Kier alpha value is -3.79. The Kier molecular flexibility index (Phi) is 10.6. The molecule has 3 aromatic carbocycles. The molecule has 7 nitrogen and oxygen atoms in total. The molecule has 10 heteroatoms. The van der Waals surface area contributed by atoms with Crippen LogP contribution >= 0.6 is 0 Å². The zero-order valence-corrected chi connectivity index (χ0v) is 22.8. The Balaban J connectivity index is 2.00. The summed E-state index contributed by atoms with van der Waals surface area (Å²) in [7, 11) is -4.28. The first kappa shape index (κ1) is 29.8. The van der Waals surface area contributed by atoms with Gasteiger partial charge in [-0.1, -0.05) is 50.6 Å². The molecule has 0 aromatic heterocycles. The van der Waals surface area contributed by atoms with E-state index in [1.54, 1.807) is 37.3 Å². The molecule has 2 amide bonds. The Morgan fingerprint density at radius 2 is 1.46 bits per heavy atom. The molecule has 0 aliphatic carbocycles. The molecule has 208 valence electrons. The SMILES string of the molecule is CCCCNC(=O)[C@H](CC)N(Cc1ccc(F)cc1)C(=O)CN(c1ccccc1)S(=O)(=O)c1ccc(F)cc1. The smallest absolute Gasteiger partial charge is 0.264 e. The van der Waals surface area contributed by atoms with Gasteiger partial charge in [-0.05, 0) is 66.9 Å². The van der Waals surface area contributed by atoms with Crippen LogP contribution in [0.3, 0.4) is 0 Å². The van der Waals surface area contributed by atoms with Crippen LogP contribution in [0.1, 0.15) is 38.7 Å². The van der Waals surface area contributed by atoms with Crippen molar-refractivity contribution in [3.63, 3.8) is 0 Å². The van der Waals surface area contributed by atoms with Crippen LogP contribution in [0.4, 0.5) is 14.5 Å². The van der Waals surface area contributed by atoms with Gasteiger partial charge in [0.2, 0.25) is 11.8 Å². The molecule has 3 aromatic rings. The summed E-state index contributed by atoms with van der Waals surface area (Å²) in [6, 6.07) is 17.1. The molecule has 0 saturated carbocycles. The summed E-state index contributed by atoms with van der Waals surface area (Å²) in [5.74, 6) is -2.01. The van der Waals surface area contributed by atoms with Crippen molar-refractivity contribution in [2.75, 3.05) is 17.4 Å². The normalized spacial score (nSPS) is 12.0. The highest BCUT2D eigenvalue weighted by Gasteiger charge is 2.33. The number of para-hydroxylation sites is 1. The number of carbonyl (C=O) groups is 2. The summed E-state index contributed by atoms with van der Waals surface area (Å²) < 4.78 is 55.3. The molecule has 3 rings (SSSR count). The van der Waals surface area contributed by atoms with E-state index >= 15 is 0 Å². The van der Waals surface area contributed by atoms with Crippen LogP contribution in [0.5, 0.6) is 0 Å². The minimum atomic E-state index is -4.28. The summed E-state index contributed by atoms with van der Waals surface area (Å²) in [5, 5.41) is 2.85. The lowest BCUT2D eigenvalue weighted by molar-refractivity contribution is -0.140. The number of sulfonamides is 1. The predicted molar refractivity (Wildman–Crippen MR) is 146 cm³/mol. The summed E-state index contributed by atoms with van der Waals surface area (Å²) in [6.45, 7) is 3.56. The lowest BCUT2D eigenvalue weighted by Gasteiger charge is -2.33. The number of unbranched alkanes of at least 4 members (excludes halogenated alkanes) is 1. The molecule has 0 aliphatic heterocycles. The van der Waals surface area contributed by atoms with Gasteiger partial charge in [-0.2, -0.15) is 0 Å². The van der Waals surface area contributed by atoms with Crippen LogP contribution in [0.2, 0.25) is 0 Å². The number of halogens is 2. The second-order valence-electron chi connectivity index (χ2n) is 9.02. The highest BCUT2D eigenvalue weighted by Crippen LogP contribution is 2.25. The fourth-order valence-electron chi connectivity index (χ4n) is 4.07. The fourth-order valence-corrected chi connectivity index (χ4v) is 5.48. The number of anilines is 1. The molecular weight excluding hydrogens is 524 g/mol. The fraction of sp³-hybridized carbons (Fsp3) is 0.310. The zero-order chi connectivity index (χ0) is 28.4. The molecule has 0 aliphatic rings. The third-order valence-corrected chi connectivity index (χ3v) is 7.99. The minimum Gasteiger partial charge on any atom is -0.354 e. The van der Waals surface area contributed by atoms with E-state index in [-0.39, 0.29) is 29.5 Å². The topological polar surface area (TPSA) is 86.8 Å². The maximum atomic E-state index is 13.9. The Morgan fingerprint density at radius 1 is 0.872 bits per heavy atom. The minimum absolute atomic E-state index is 0.0297. The van der Waals surface area contributed by atoms with Gasteiger partial charge in [0.25, 0.3) is 10.0 Å². The van der Waals surface area contributed by atoms with Crippen molar-refractivity contribution in [3.05, 3.63) is 96.1 Å². The summed E-state index contributed by atoms with van der Waals surface area (Å²) >= 11 is 0. The van der Waals surface area contributed by atoms with Crippen LogP contribution in [-0.4, -0.2) is 44.3 Å². The standard InChI is InChI=1S/C29H33F2N3O4S/c1-3-5-19-32-29(36)27(4-2)33(20-22-11-13-23(30)14-12-22)28(35)21-34(25-9-7-6-8-10-25)39(37,38)26-17-15-24(31)16-18-26/h6-18,27H,3-5,19-21H2,1-2H3,(H,32,36)/t27-/m0/s1. The number of amides is 2. The van der Waals surface area contributed by atoms with Gasteiger partial charge in [0.1, 0.15) is 24.2 Å². The number of hydrogen-bond acceptors (Lipinski definition) is 4. The van der Waals surface area contributed by atoms with Gasteiger partial charge >= 0.3 is 0 Å². The molecule has 0 unspecified atom stereocenters. The van der Waals surface area contributed by atoms with E-state index in [2.05, 4.69) is 5.32 Å². The third-order valence-electron chi connectivity index (χ3n) is 6.21. The van der Waals surface area contributed by atoms with Crippen molar-refractivity contribution in [1.82, 2.24) is 10.2 Å². The Bertz CT molecular complexity index is 1340. The van der Waals surface area contributed by atoms with E-state index in [9.17, 15) is 26.8 Å². The van der Waals surface area contributed by atoms with Crippen LogP contribution in [-0.2, 0) is 26.2 Å². The molecule has 0 spiro atoms. The molecule has 0 radical (unpaired) electrons. The highest BCUT2D eigenvalue weighted by molar-refractivity contribution is 7.92. The van der Waals surface area contributed by atoms with Crippen molar-refractivity contribution in [2.45, 2.75) is 50.6 Å². The van der Waals surface area contributed by atoms with E-state index in [1.807, 2.05) is 6.92 Å². The maximum Gasteiger partial charge on any atom is 0.264 e. The van der Waals surface area contributed by atoms with Gasteiger partial charge in [0.05, 0.1) is 10.6 Å². The van der Waals surface area contributed by atoms with Crippen LogP contribution < -0.4 is 9.62 Å². The average molecular weight is 558 g/mol. The molecular formula is C29H33F2N3O4S. The Labute approximate surface area is 228 Å². The number of nitrogens with zero attached hydrogens (tertiary/aromatic N) is 2. The molecule has 39 heavy (non-hydrogen) atoms. The van der Waals surface area contributed by atoms with Crippen molar-refractivity contribution in [3.8, 4) is 0 Å². The number of carbonyl (C=O) groups excluding carboxylic acids is 2. The molecule has 0 heterocycles. The first-order chi connectivity index (χ1) is 18.7. The third kappa shape index (κ3) is 7.86. The summed E-state index contributed by atoms with van der Waals surface area (Å²) in [5.41, 5.74) is 0.814.